The SMILES string of the molecule is CNc1nc(Cl)nc(NCCCC(F)(F)F)n1. The normalized spacial score (nSPS) is 11.4. The van der Waals surface area contributed by atoms with E-state index in [0.29, 0.717) is 0 Å². The maximum atomic E-state index is 11.9. The van der Waals surface area contributed by atoms with E-state index in [4.69, 9.17) is 11.6 Å². The Balaban J connectivity index is 2.44. The second-order valence-electron chi connectivity index (χ2n) is 3.15. The fourth-order valence-electron chi connectivity index (χ4n) is 1.03. The molecule has 0 amide bonds. The molecule has 0 unspecified atom stereocenters. The third kappa shape index (κ3) is 5.53. The molecule has 0 aliphatic heterocycles. The molecule has 0 aromatic carbocycles. The van der Waals surface area contributed by atoms with Crippen molar-refractivity contribution in [1.82, 2.24) is 15.0 Å². The minimum atomic E-state index is -4.14. The summed E-state index contributed by atoms with van der Waals surface area (Å²) in [6.07, 6.45) is -5.05. The fraction of sp³-hybridized carbons (Fsp3) is 0.625. The van der Waals surface area contributed by atoms with Crippen molar-refractivity contribution in [1.29, 1.82) is 0 Å². The van der Waals surface area contributed by atoms with Crippen molar-refractivity contribution in [3.05, 3.63) is 5.28 Å². The maximum absolute atomic E-state index is 11.9. The molecule has 0 aliphatic carbocycles. The van der Waals surface area contributed by atoms with Gasteiger partial charge in [0.2, 0.25) is 17.2 Å². The number of anilines is 2. The van der Waals surface area contributed by atoms with Gasteiger partial charge in [0.15, 0.2) is 0 Å². The molecule has 1 aromatic rings. The van der Waals surface area contributed by atoms with Gasteiger partial charge in [0.1, 0.15) is 0 Å². The van der Waals surface area contributed by atoms with Gasteiger partial charge >= 0.3 is 6.18 Å². The fourth-order valence-corrected chi connectivity index (χ4v) is 1.19. The Morgan fingerprint density at radius 1 is 1.18 bits per heavy atom. The molecule has 1 heterocycles. The number of rotatable bonds is 5. The van der Waals surface area contributed by atoms with Crippen LogP contribution in [-0.2, 0) is 0 Å². The molecule has 0 saturated carbocycles. The van der Waals surface area contributed by atoms with E-state index in [-0.39, 0.29) is 30.1 Å². The van der Waals surface area contributed by atoms with Crippen molar-refractivity contribution in [2.45, 2.75) is 19.0 Å². The highest BCUT2D eigenvalue weighted by Gasteiger charge is 2.25. The van der Waals surface area contributed by atoms with Gasteiger partial charge in [-0.1, -0.05) is 0 Å². The lowest BCUT2D eigenvalue weighted by Gasteiger charge is -2.08. The second kappa shape index (κ2) is 5.85. The van der Waals surface area contributed by atoms with E-state index in [2.05, 4.69) is 25.6 Å². The van der Waals surface area contributed by atoms with Crippen molar-refractivity contribution >= 4 is 23.5 Å². The third-order valence-corrected chi connectivity index (χ3v) is 1.92. The lowest BCUT2D eigenvalue weighted by atomic mass is 10.3. The molecule has 17 heavy (non-hydrogen) atoms. The molecule has 5 nitrogen and oxygen atoms in total. The van der Waals surface area contributed by atoms with Crippen molar-refractivity contribution < 1.29 is 13.2 Å². The van der Waals surface area contributed by atoms with E-state index < -0.39 is 12.6 Å². The van der Waals surface area contributed by atoms with Crippen molar-refractivity contribution in [3.63, 3.8) is 0 Å². The highest BCUT2D eigenvalue weighted by atomic mass is 35.5. The molecular formula is C8H11ClF3N5. The van der Waals surface area contributed by atoms with Crippen LogP contribution in [0.5, 0.6) is 0 Å². The lowest BCUT2D eigenvalue weighted by molar-refractivity contribution is -0.134. The van der Waals surface area contributed by atoms with Gasteiger partial charge in [-0.2, -0.15) is 28.1 Å². The predicted molar refractivity (Wildman–Crippen MR) is 58.2 cm³/mol. The van der Waals surface area contributed by atoms with E-state index >= 15 is 0 Å². The Kier molecular flexibility index (Phi) is 4.73. The molecule has 96 valence electrons. The first-order valence-corrected chi connectivity index (χ1v) is 5.18. The van der Waals surface area contributed by atoms with Crippen LogP contribution in [0.15, 0.2) is 0 Å². The topological polar surface area (TPSA) is 62.7 Å². The quantitative estimate of drug-likeness (QED) is 0.803. The first-order valence-electron chi connectivity index (χ1n) is 4.80. The van der Waals surface area contributed by atoms with Gasteiger partial charge in [-0.05, 0) is 18.0 Å². The Morgan fingerprint density at radius 2 is 1.82 bits per heavy atom. The number of aromatic nitrogens is 3. The number of hydrogen-bond acceptors (Lipinski definition) is 5. The first kappa shape index (κ1) is 13.8. The molecule has 0 fully saturated rings. The summed E-state index contributed by atoms with van der Waals surface area (Å²) < 4.78 is 35.6. The van der Waals surface area contributed by atoms with Crippen LogP contribution in [0.1, 0.15) is 12.8 Å². The average molecular weight is 270 g/mol. The van der Waals surface area contributed by atoms with Crippen molar-refractivity contribution in [2.24, 2.45) is 0 Å². The summed E-state index contributed by atoms with van der Waals surface area (Å²) in [5, 5.41) is 5.28. The number of nitrogens with one attached hydrogen (secondary N) is 2. The van der Waals surface area contributed by atoms with Gasteiger partial charge in [-0.25, -0.2) is 0 Å². The summed E-state index contributed by atoms with van der Waals surface area (Å²) in [4.78, 5) is 11.3. The van der Waals surface area contributed by atoms with Crippen molar-refractivity contribution in [3.8, 4) is 0 Å². The zero-order chi connectivity index (χ0) is 12.9. The maximum Gasteiger partial charge on any atom is 0.389 e. The average Bonchev–Trinajstić information content (AvgIpc) is 2.22. The molecule has 0 spiro atoms. The number of alkyl halides is 3. The Labute approximate surface area is 101 Å². The van der Waals surface area contributed by atoms with Crippen LogP contribution in [-0.4, -0.2) is 34.7 Å². The minimum Gasteiger partial charge on any atom is -0.357 e. The van der Waals surface area contributed by atoms with E-state index in [1.807, 2.05) is 0 Å². The standard InChI is InChI=1S/C8H11ClF3N5/c1-13-6-15-5(9)16-7(17-6)14-4-2-3-8(10,11)12/h2-4H2,1H3,(H2,13,14,15,16,17). The monoisotopic (exact) mass is 269 g/mol. The highest BCUT2D eigenvalue weighted by molar-refractivity contribution is 6.28. The van der Waals surface area contributed by atoms with E-state index in [0.717, 1.165) is 0 Å². The van der Waals surface area contributed by atoms with Crippen LogP contribution in [0.2, 0.25) is 5.28 Å². The van der Waals surface area contributed by atoms with Crippen LogP contribution in [0.25, 0.3) is 0 Å². The number of halogens is 4. The zero-order valence-corrected chi connectivity index (χ0v) is 9.73. The Bertz CT molecular complexity index is 371. The smallest absolute Gasteiger partial charge is 0.357 e. The highest BCUT2D eigenvalue weighted by Crippen LogP contribution is 2.21. The molecule has 0 saturated heterocycles. The Hall–Kier alpha value is -1.31. The first-order chi connectivity index (χ1) is 7.90. The lowest BCUT2D eigenvalue weighted by Crippen LogP contribution is -2.13. The van der Waals surface area contributed by atoms with Crippen molar-refractivity contribution in [2.75, 3.05) is 24.2 Å². The van der Waals surface area contributed by atoms with E-state index in [9.17, 15) is 13.2 Å². The molecular weight excluding hydrogens is 259 g/mol. The molecule has 0 radical (unpaired) electrons. The van der Waals surface area contributed by atoms with Gasteiger partial charge in [0.05, 0.1) is 0 Å². The van der Waals surface area contributed by atoms with Gasteiger partial charge < -0.3 is 10.6 Å². The van der Waals surface area contributed by atoms with Crippen LogP contribution in [0.4, 0.5) is 25.1 Å². The molecule has 1 rings (SSSR count). The molecule has 2 N–H and O–H groups in total. The molecule has 0 bridgehead atoms. The molecule has 0 aliphatic rings. The summed E-state index contributed by atoms with van der Waals surface area (Å²) in [6, 6.07) is 0. The predicted octanol–water partition coefficient (Wildman–Crippen LogP) is 2.32. The van der Waals surface area contributed by atoms with Gasteiger partial charge in [0, 0.05) is 20.0 Å². The summed E-state index contributed by atoms with van der Waals surface area (Å²) in [6.45, 7) is 0.114. The van der Waals surface area contributed by atoms with Crippen LogP contribution in [0, 0.1) is 0 Å². The summed E-state index contributed by atoms with van der Waals surface area (Å²) in [7, 11) is 1.60. The summed E-state index contributed by atoms with van der Waals surface area (Å²) in [5.74, 6) is 0.403. The van der Waals surface area contributed by atoms with Crippen LogP contribution in [0.3, 0.4) is 0 Å². The van der Waals surface area contributed by atoms with Gasteiger partial charge in [-0.3, -0.25) is 0 Å². The van der Waals surface area contributed by atoms with E-state index in [1.54, 1.807) is 7.05 Å². The van der Waals surface area contributed by atoms with Gasteiger partial charge in [0.25, 0.3) is 0 Å². The van der Waals surface area contributed by atoms with Crippen LogP contribution >= 0.6 is 11.6 Å². The molecule has 1 aromatic heterocycles. The van der Waals surface area contributed by atoms with Crippen LogP contribution < -0.4 is 10.6 Å². The molecule has 0 atom stereocenters. The largest absolute Gasteiger partial charge is 0.389 e. The summed E-state index contributed by atoms with van der Waals surface area (Å²) in [5.41, 5.74) is 0. The molecule has 9 heteroatoms. The second-order valence-corrected chi connectivity index (χ2v) is 3.49. The van der Waals surface area contributed by atoms with E-state index in [1.165, 1.54) is 0 Å². The Morgan fingerprint density at radius 3 is 2.41 bits per heavy atom. The number of nitrogens with zero attached hydrogens (tertiary/aromatic N) is 3. The number of hydrogen-bond donors (Lipinski definition) is 2. The van der Waals surface area contributed by atoms with Gasteiger partial charge in [-0.15, -0.1) is 0 Å². The zero-order valence-electron chi connectivity index (χ0n) is 8.97. The summed E-state index contributed by atoms with van der Waals surface area (Å²) >= 11 is 5.59. The third-order valence-electron chi connectivity index (χ3n) is 1.75. The minimum absolute atomic E-state index is 0.0253.